The number of hydrogen-bond donors (Lipinski definition) is 1. The standard InChI is InChI=1S/C29H22O2.C28H20O2/c1-18-28(23-14-6-2-10-19(23)20-11-3-7-15-24(20)28)29(27(30)31-18)25-16-8-4-12-21(25)22-13-5-9-17-26(22)29;1-30-28(25-16-8-4-12-21(25)22-13-5-9-17-26(22)28)27(18-29)23-14-6-2-10-19(23)20-11-3-7-15-24(20)27/h2-18,27,30H,1H3;2-18H,1H3. The minimum Gasteiger partial charge on any atom is -0.367 e. The Morgan fingerprint density at radius 1 is 0.426 bits per heavy atom. The molecule has 1 N–H and O–H groups in total. The van der Waals surface area contributed by atoms with Crippen LogP contribution in [-0.4, -0.2) is 30.9 Å². The molecule has 2 spiro atoms. The number of aldehydes is 1. The highest BCUT2D eigenvalue weighted by Crippen LogP contribution is 2.71. The number of aliphatic hydroxyl groups is 1. The number of ether oxygens (including phenoxy) is 2. The first-order valence-electron chi connectivity index (χ1n) is 21.1. The highest BCUT2D eigenvalue weighted by atomic mass is 16.6. The van der Waals surface area contributed by atoms with Gasteiger partial charge in [0.2, 0.25) is 0 Å². The topological polar surface area (TPSA) is 55.8 Å². The Morgan fingerprint density at radius 2 is 0.689 bits per heavy atom. The molecule has 0 aromatic heterocycles. The molecule has 5 aliphatic rings. The smallest absolute Gasteiger partial charge is 0.170 e. The molecule has 8 aromatic rings. The van der Waals surface area contributed by atoms with Gasteiger partial charge in [-0.2, -0.15) is 0 Å². The number of fused-ring (bicyclic) bond motifs is 17. The summed E-state index contributed by atoms with van der Waals surface area (Å²) >= 11 is 0. The number of hydrogen-bond acceptors (Lipinski definition) is 4. The van der Waals surface area contributed by atoms with Gasteiger partial charge in [-0.05, 0) is 95.9 Å². The summed E-state index contributed by atoms with van der Waals surface area (Å²) < 4.78 is 12.9. The number of benzene rings is 8. The van der Waals surface area contributed by atoms with Crippen LogP contribution in [0.5, 0.6) is 0 Å². The second-order valence-electron chi connectivity index (χ2n) is 16.9. The molecule has 0 bridgehead atoms. The molecule has 1 fully saturated rings. The minimum atomic E-state index is -0.988. The molecule has 4 aliphatic carbocycles. The van der Waals surface area contributed by atoms with Crippen LogP contribution in [0.3, 0.4) is 0 Å². The van der Waals surface area contributed by atoms with Crippen molar-refractivity contribution in [1.29, 1.82) is 0 Å². The van der Waals surface area contributed by atoms with Crippen molar-refractivity contribution < 1.29 is 19.4 Å². The summed E-state index contributed by atoms with van der Waals surface area (Å²) in [6.07, 6.45) is -0.0434. The van der Waals surface area contributed by atoms with Crippen LogP contribution in [0, 0.1) is 0 Å². The minimum absolute atomic E-state index is 0.202. The lowest BCUT2D eigenvalue weighted by atomic mass is 9.53. The SMILES string of the molecule is CC1OC(O)C2(c3ccccc3-c3ccccc32)C12c1ccccc1-c1ccccc12.COC1(C2(C=O)c3ccccc3-c3ccccc32)c2ccccc2-c2ccccc21. The lowest BCUT2D eigenvalue weighted by Gasteiger charge is -2.45. The predicted octanol–water partition coefficient (Wildman–Crippen LogP) is 11.4. The summed E-state index contributed by atoms with van der Waals surface area (Å²) in [6.45, 7) is 2.13. The molecular formula is C57H42O4. The molecule has 4 nitrogen and oxygen atoms in total. The van der Waals surface area contributed by atoms with E-state index in [9.17, 15) is 9.90 Å². The average Bonchev–Trinajstić information content (AvgIpc) is 4.05. The first-order valence-corrected chi connectivity index (χ1v) is 21.1. The molecule has 8 aromatic carbocycles. The molecule has 2 unspecified atom stereocenters. The number of rotatable bonds is 3. The Hall–Kier alpha value is -6.69. The molecule has 1 heterocycles. The number of aliphatic hydroxyl groups excluding tert-OH is 1. The van der Waals surface area contributed by atoms with Crippen LogP contribution >= 0.6 is 0 Å². The summed E-state index contributed by atoms with van der Waals surface area (Å²) in [4.78, 5) is 13.3. The van der Waals surface area contributed by atoms with Gasteiger partial charge in [-0.3, -0.25) is 0 Å². The van der Waals surface area contributed by atoms with E-state index in [1.54, 1.807) is 7.11 Å². The van der Waals surface area contributed by atoms with Crippen molar-refractivity contribution in [2.75, 3.05) is 7.11 Å². The maximum atomic E-state index is 13.3. The van der Waals surface area contributed by atoms with Crippen LogP contribution in [0.4, 0.5) is 0 Å². The summed E-state index contributed by atoms with van der Waals surface area (Å²) in [6, 6.07) is 67.5. The zero-order chi connectivity index (χ0) is 41.1. The summed E-state index contributed by atoms with van der Waals surface area (Å²) in [5.74, 6) is 0. The molecule has 13 rings (SSSR count). The number of methoxy groups -OCH3 is 1. The van der Waals surface area contributed by atoms with E-state index in [4.69, 9.17) is 9.47 Å². The molecule has 0 amide bonds. The Labute approximate surface area is 355 Å². The van der Waals surface area contributed by atoms with Crippen molar-refractivity contribution in [3.63, 3.8) is 0 Å². The number of carbonyl (C=O) groups is 1. The fourth-order valence-electron chi connectivity index (χ4n) is 12.9. The highest BCUT2D eigenvalue weighted by molar-refractivity contribution is 5.97. The summed E-state index contributed by atoms with van der Waals surface area (Å²) in [7, 11) is 1.73. The molecule has 0 radical (unpaired) electrons. The third-order valence-corrected chi connectivity index (χ3v) is 14.9. The van der Waals surface area contributed by atoms with Gasteiger partial charge < -0.3 is 19.4 Å². The predicted molar refractivity (Wildman–Crippen MR) is 240 cm³/mol. The van der Waals surface area contributed by atoms with Gasteiger partial charge in [0.15, 0.2) is 6.29 Å². The quantitative estimate of drug-likeness (QED) is 0.181. The Balaban J connectivity index is 0.000000131. The summed E-state index contributed by atoms with van der Waals surface area (Å²) in [5.41, 5.74) is 15.0. The third kappa shape index (κ3) is 4.09. The van der Waals surface area contributed by atoms with E-state index in [-0.39, 0.29) is 6.10 Å². The maximum Gasteiger partial charge on any atom is 0.170 e. The molecule has 1 aliphatic heterocycles. The molecule has 0 saturated carbocycles. The fourth-order valence-corrected chi connectivity index (χ4v) is 12.9. The lowest BCUT2D eigenvalue weighted by Crippen LogP contribution is -2.53. The largest absolute Gasteiger partial charge is 0.367 e. The van der Waals surface area contributed by atoms with Crippen molar-refractivity contribution in [3.05, 3.63) is 239 Å². The Bertz CT molecular complexity index is 2820. The van der Waals surface area contributed by atoms with E-state index >= 15 is 0 Å². The first kappa shape index (κ1) is 36.2. The van der Waals surface area contributed by atoms with Gasteiger partial charge >= 0.3 is 0 Å². The summed E-state index contributed by atoms with van der Waals surface area (Å²) in [5, 5.41) is 11.8. The molecule has 61 heavy (non-hydrogen) atoms. The van der Waals surface area contributed by atoms with Gasteiger partial charge in [0, 0.05) is 7.11 Å². The van der Waals surface area contributed by atoms with Crippen molar-refractivity contribution in [3.8, 4) is 44.5 Å². The van der Waals surface area contributed by atoms with Gasteiger partial charge in [-0.25, -0.2) is 0 Å². The van der Waals surface area contributed by atoms with Crippen molar-refractivity contribution in [1.82, 2.24) is 0 Å². The molecule has 294 valence electrons. The average molecular weight is 791 g/mol. The monoisotopic (exact) mass is 790 g/mol. The second kappa shape index (κ2) is 12.9. The molecule has 2 atom stereocenters. The van der Waals surface area contributed by atoms with Gasteiger partial charge in [0.1, 0.15) is 17.3 Å². The maximum absolute atomic E-state index is 13.3. The van der Waals surface area contributed by atoms with Gasteiger partial charge in [-0.15, -0.1) is 0 Å². The highest BCUT2D eigenvalue weighted by Gasteiger charge is 2.72. The van der Waals surface area contributed by atoms with Crippen molar-refractivity contribution in [2.45, 2.75) is 41.2 Å². The molecular weight excluding hydrogens is 749 g/mol. The Kier molecular flexibility index (Phi) is 7.66. The van der Waals surface area contributed by atoms with Crippen LogP contribution in [0.1, 0.15) is 51.4 Å². The zero-order valence-corrected chi connectivity index (χ0v) is 33.9. The molecule has 4 heteroatoms. The number of carbonyl (C=O) groups excluding carboxylic acids is 1. The van der Waals surface area contributed by atoms with Crippen molar-refractivity contribution >= 4 is 6.29 Å². The van der Waals surface area contributed by atoms with Gasteiger partial charge in [-0.1, -0.05) is 194 Å². The fraction of sp³-hybridized carbons (Fsp3) is 0.140. The van der Waals surface area contributed by atoms with Crippen LogP contribution in [-0.2, 0) is 36.1 Å². The van der Waals surface area contributed by atoms with Crippen LogP contribution in [0.15, 0.2) is 194 Å². The van der Waals surface area contributed by atoms with Crippen LogP contribution in [0.25, 0.3) is 44.5 Å². The first-order chi connectivity index (χ1) is 30.0. The zero-order valence-electron chi connectivity index (χ0n) is 33.9. The van der Waals surface area contributed by atoms with E-state index in [0.29, 0.717) is 0 Å². The Morgan fingerprint density at radius 3 is 1.02 bits per heavy atom. The van der Waals surface area contributed by atoms with Gasteiger partial charge in [0.05, 0.1) is 16.9 Å². The van der Waals surface area contributed by atoms with E-state index in [1.807, 2.05) is 48.5 Å². The van der Waals surface area contributed by atoms with Crippen molar-refractivity contribution in [2.24, 2.45) is 0 Å². The van der Waals surface area contributed by atoms with Crippen LogP contribution in [0.2, 0.25) is 0 Å². The van der Waals surface area contributed by atoms with E-state index in [1.165, 1.54) is 33.4 Å². The van der Waals surface area contributed by atoms with E-state index in [0.717, 1.165) is 61.9 Å². The molecule has 1 saturated heterocycles. The normalized spacial score (nSPS) is 19.7. The van der Waals surface area contributed by atoms with E-state index < -0.39 is 28.1 Å². The third-order valence-electron chi connectivity index (χ3n) is 14.9. The van der Waals surface area contributed by atoms with Gasteiger partial charge in [0.25, 0.3) is 0 Å². The van der Waals surface area contributed by atoms with E-state index in [2.05, 4.69) is 153 Å². The van der Waals surface area contributed by atoms with Crippen LogP contribution < -0.4 is 0 Å². The lowest BCUT2D eigenvalue weighted by molar-refractivity contribution is -0.121. The second-order valence-corrected chi connectivity index (χ2v) is 16.9.